The van der Waals surface area contributed by atoms with Crippen LogP contribution in [0.4, 0.5) is 0 Å². The molecule has 8 nitrogen and oxygen atoms in total. The minimum atomic E-state index is -0.940. The summed E-state index contributed by atoms with van der Waals surface area (Å²) in [5, 5.41) is 14.1. The van der Waals surface area contributed by atoms with E-state index in [1.807, 2.05) is 43.3 Å². The van der Waals surface area contributed by atoms with E-state index in [4.69, 9.17) is 10.5 Å². The maximum absolute atomic E-state index is 13.5. The van der Waals surface area contributed by atoms with Crippen LogP contribution in [0, 0.1) is 0 Å². The number of unbranched alkanes of at least 4 members (excludes halogenated alkanes) is 1. The Hall–Kier alpha value is -3.39. The molecule has 1 heterocycles. The molecule has 0 saturated heterocycles. The van der Waals surface area contributed by atoms with Gasteiger partial charge in [0.05, 0.1) is 12.1 Å². The lowest BCUT2D eigenvalue weighted by molar-refractivity contribution is -0.129. The molecule has 3 atom stereocenters. The van der Waals surface area contributed by atoms with Gasteiger partial charge in [-0.05, 0) is 68.9 Å². The van der Waals surface area contributed by atoms with Gasteiger partial charge in [-0.15, -0.1) is 0 Å². The number of nitrogens with one attached hydrogen (secondary N) is 1. The highest BCUT2D eigenvalue weighted by molar-refractivity contribution is 5.97. The fourth-order valence-corrected chi connectivity index (χ4v) is 5.33. The number of guanidine groups is 1. The molecule has 0 fully saturated rings. The van der Waals surface area contributed by atoms with Crippen molar-refractivity contribution < 1.29 is 19.4 Å². The normalized spacial score (nSPS) is 21.7. The number of amides is 2. The minimum absolute atomic E-state index is 0.0407. The summed E-state index contributed by atoms with van der Waals surface area (Å²) < 4.78 is 5.99. The lowest BCUT2D eigenvalue weighted by Crippen LogP contribution is -2.53. The number of para-hydroxylation sites is 1. The second kappa shape index (κ2) is 11.6. The average Bonchev–Trinajstić information content (AvgIpc) is 3.31. The van der Waals surface area contributed by atoms with Crippen LogP contribution in [0.3, 0.4) is 0 Å². The number of rotatable bonds is 8. The molecule has 2 amide bonds. The fourth-order valence-electron chi connectivity index (χ4n) is 5.33. The Morgan fingerprint density at radius 1 is 1.16 bits per heavy atom. The van der Waals surface area contributed by atoms with Gasteiger partial charge in [0.15, 0.2) is 5.96 Å². The van der Waals surface area contributed by atoms with Gasteiger partial charge in [0.25, 0.3) is 5.91 Å². The highest BCUT2D eigenvalue weighted by atomic mass is 16.5. The van der Waals surface area contributed by atoms with Crippen molar-refractivity contribution in [2.24, 2.45) is 10.7 Å². The van der Waals surface area contributed by atoms with E-state index in [-0.39, 0.29) is 23.8 Å². The van der Waals surface area contributed by atoms with Gasteiger partial charge in [0, 0.05) is 24.1 Å². The van der Waals surface area contributed by atoms with Crippen LogP contribution in [-0.2, 0) is 11.2 Å². The lowest BCUT2D eigenvalue weighted by atomic mass is 9.86. The minimum Gasteiger partial charge on any atom is -0.485 e. The number of benzene rings is 2. The van der Waals surface area contributed by atoms with Crippen molar-refractivity contribution in [1.82, 2.24) is 10.2 Å². The molecule has 2 aromatic rings. The Balaban J connectivity index is 1.62. The van der Waals surface area contributed by atoms with Gasteiger partial charge in [-0.3, -0.25) is 19.5 Å². The molecule has 8 heteroatoms. The molecular weight excluding hydrogens is 480 g/mol. The van der Waals surface area contributed by atoms with Crippen LogP contribution >= 0.6 is 0 Å². The molecule has 4 rings (SSSR count). The smallest absolute Gasteiger partial charge is 0.251 e. The summed E-state index contributed by atoms with van der Waals surface area (Å²) >= 11 is 0. The van der Waals surface area contributed by atoms with Crippen LogP contribution in [-0.4, -0.2) is 46.0 Å². The highest BCUT2D eigenvalue weighted by Crippen LogP contribution is 2.40. The molecule has 1 aliphatic carbocycles. The highest BCUT2D eigenvalue weighted by Gasteiger charge is 2.43. The number of carbonyl (C=O) groups excluding carboxylic acids is 2. The van der Waals surface area contributed by atoms with Gasteiger partial charge in [-0.1, -0.05) is 44.5 Å². The van der Waals surface area contributed by atoms with E-state index in [9.17, 15) is 14.7 Å². The SMILES string of the molecule is CCCCC(=O)N(C(N)=NCCC)[C@@H]1CCc2ccc(C(=O)N[C@@H]3c4ccccc4OC(C)(C)[C@H]3O)cc21. The van der Waals surface area contributed by atoms with E-state index >= 15 is 0 Å². The third-order valence-electron chi connectivity index (χ3n) is 7.46. The van der Waals surface area contributed by atoms with Crippen molar-refractivity contribution in [3.05, 3.63) is 64.7 Å². The van der Waals surface area contributed by atoms with Crippen LogP contribution < -0.4 is 15.8 Å². The molecule has 4 N–H and O–H groups in total. The number of carbonyl (C=O) groups is 2. The van der Waals surface area contributed by atoms with E-state index in [1.165, 1.54) is 0 Å². The van der Waals surface area contributed by atoms with E-state index in [0.29, 0.717) is 24.3 Å². The zero-order chi connectivity index (χ0) is 27.4. The van der Waals surface area contributed by atoms with Gasteiger partial charge in [0.2, 0.25) is 5.91 Å². The number of aliphatic hydroxyl groups excluding tert-OH is 1. The van der Waals surface area contributed by atoms with E-state index in [2.05, 4.69) is 17.2 Å². The first kappa shape index (κ1) is 27.6. The molecule has 38 heavy (non-hydrogen) atoms. The van der Waals surface area contributed by atoms with Crippen molar-refractivity contribution in [3.8, 4) is 5.75 Å². The van der Waals surface area contributed by atoms with Crippen LogP contribution in [0.15, 0.2) is 47.5 Å². The zero-order valence-electron chi connectivity index (χ0n) is 22.9. The van der Waals surface area contributed by atoms with Crippen molar-refractivity contribution in [2.45, 2.75) is 90.0 Å². The Morgan fingerprint density at radius 2 is 1.92 bits per heavy atom. The molecule has 0 radical (unpaired) electrons. The monoisotopic (exact) mass is 520 g/mol. The Morgan fingerprint density at radius 3 is 2.66 bits per heavy atom. The van der Waals surface area contributed by atoms with Crippen LogP contribution in [0.5, 0.6) is 5.75 Å². The molecule has 0 unspecified atom stereocenters. The number of hydrogen-bond acceptors (Lipinski definition) is 5. The predicted octanol–water partition coefficient (Wildman–Crippen LogP) is 4.42. The first-order chi connectivity index (χ1) is 18.2. The molecule has 1 aliphatic heterocycles. The number of aliphatic imine (C=N–C) groups is 1. The molecule has 0 aromatic heterocycles. The number of nitrogens with zero attached hydrogens (tertiary/aromatic N) is 2. The maximum atomic E-state index is 13.5. The summed E-state index contributed by atoms with van der Waals surface area (Å²) in [7, 11) is 0. The first-order valence-corrected chi connectivity index (χ1v) is 13.7. The molecule has 0 spiro atoms. The third kappa shape index (κ3) is 5.55. The summed E-state index contributed by atoms with van der Waals surface area (Å²) in [5.74, 6) is 0.544. The van der Waals surface area contributed by atoms with E-state index < -0.39 is 17.7 Å². The third-order valence-corrected chi connectivity index (χ3v) is 7.46. The first-order valence-electron chi connectivity index (χ1n) is 13.7. The van der Waals surface area contributed by atoms with Crippen LogP contribution in [0.25, 0.3) is 0 Å². The number of nitrogens with two attached hydrogens (primary N) is 1. The molecular formula is C30H40N4O4. The number of fused-ring (bicyclic) bond motifs is 2. The molecule has 204 valence electrons. The van der Waals surface area contributed by atoms with Gasteiger partial charge in [0.1, 0.15) is 17.5 Å². The quantitative estimate of drug-likeness (QED) is 0.352. The van der Waals surface area contributed by atoms with Gasteiger partial charge >= 0.3 is 0 Å². The second-order valence-electron chi connectivity index (χ2n) is 10.7. The number of ether oxygens (including phenoxy) is 1. The predicted molar refractivity (Wildman–Crippen MR) is 148 cm³/mol. The summed E-state index contributed by atoms with van der Waals surface area (Å²) in [6.07, 6.45) is 3.51. The fraction of sp³-hybridized carbons (Fsp3) is 0.500. The van der Waals surface area contributed by atoms with Crippen molar-refractivity contribution >= 4 is 17.8 Å². The van der Waals surface area contributed by atoms with E-state index in [0.717, 1.165) is 48.8 Å². The van der Waals surface area contributed by atoms with Crippen molar-refractivity contribution in [2.75, 3.05) is 6.54 Å². The second-order valence-corrected chi connectivity index (χ2v) is 10.7. The summed E-state index contributed by atoms with van der Waals surface area (Å²) in [6, 6.07) is 12.2. The van der Waals surface area contributed by atoms with Gasteiger partial charge < -0.3 is 20.9 Å². The van der Waals surface area contributed by atoms with Crippen molar-refractivity contribution in [3.63, 3.8) is 0 Å². The zero-order valence-corrected chi connectivity index (χ0v) is 22.9. The van der Waals surface area contributed by atoms with E-state index in [1.54, 1.807) is 24.8 Å². The standard InChI is InChI=1S/C30H40N4O4/c1-5-7-12-25(35)34(29(31)32-17-6-2)23-16-15-19-13-14-20(18-22(19)23)28(37)33-26-21-10-8-9-11-24(21)38-30(3,4)27(26)36/h8-11,13-14,18,23,26-27,36H,5-7,12,15-17H2,1-4H3,(H2,31,32)(H,33,37)/t23-,26-,27+/m1/s1. The van der Waals surface area contributed by atoms with Gasteiger partial charge in [-0.25, -0.2) is 0 Å². The topological polar surface area (TPSA) is 117 Å². The summed E-state index contributed by atoms with van der Waals surface area (Å²) in [4.78, 5) is 32.8. The molecule has 2 aliphatic rings. The summed E-state index contributed by atoms with van der Waals surface area (Å²) in [5.41, 5.74) is 8.71. The number of aryl methyl sites for hydroxylation is 1. The molecule has 2 aromatic carbocycles. The Kier molecular flexibility index (Phi) is 8.41. The van der Waals surface area contributed by atoms with Gasteiger partial charge in [-0.2, -0.15) is 0 Å². The van der Waals surface area contributed by atoms with Crippen molar-refractivity contribution in [1.29, 1.82) is 0 Å². The van der Waals surface area contributed by atoms with Crippen LogP contribution in [0.1, 0.15) is 98.9 Å². The Labute approximate surface area is 225 Å². The largest absolute Gasteiger partial charge is 0.485 e. The van der Waals surface area contributed by atoms with Crippen LogP contribution in [0.2, 0.25) is 0 Å². The number of aliphatic hydroxyl groups is 1. The lowest BCUT2D eigenvalue weighted by Gasteiger charge is -2.42. The Bertz CT molecular complexity index is 1210. The molecule has 0 bridgehead atoms. The number of hydrogen-bond donors (Lipinski definition) is 3. The molecule has 0 saturated carbocycles. The maximum Gasteiger partial charge on any atom is 0.251 e. The summed E-state index contributed by atoms with van der Waals surface area (Å²) in [6.45, 7) is 8.24. The average molecular weight is 521 g/mol.